The van der Waals surface area contributed by atoms with E-state index < -0.39 is 0 Å². The van der Waals surface area contributed by atoms with E-state index in [2.05, 4.69) is 34.0 Å². The minimum Gasteiger partial charge on any atom is -0.297 e. The Labute approximate surface area is 143 Å². The van der Waals surface area contributed by atoms with Crippen LogP contribution in [0.3, 0.4) is 0 Å². The van der Waals surface area contributed by atoms with Crippen molar-refractivity contribution in [1.29, 1.82) is 0 Å². The SMILES string of the molecule is CCc1ccc(CN2CCC[C@H](c3nn(C)c(=O)n3CC)C2)nc1. The van der Waals surface area contributed by atoms with E-state index in [4.69, 9.17) is 0 Å². The normalized spacial score (nSPS) is 18.9. The Hall–Kier alpha value is -1.95. The summed E-state index contributed by atoms with van der Waals surface area (Å²) >= 11 is 0. The van der Waals surface area contributed by atoms with Gasteiger partial charge in [0.2, 0.25) is 0 Å². The van der Waals surface area contributed by atoms with Crippen molar-refractivity contribution in [2.45, 2.75) is 52.1 Å². The molecule has 1 atom stereocenters. The van der Waals surface area contributed by atoms with Crippen LogP contribution in [0.4, 0.5) is 0 Å². The molecule has 0 saturated carbocycles. The lowest BCUT2D eigenvalue weighted by molar-refractivity contribution is 0.192. The number of likely N-dealkylation sites (tertiary alicyclic amines) is 1. The Morgan fingerprint density at radius 2 is 2.12 bits per heavy atom. The highest BCUT2D eigenvalue weighted by atomic mass is 16.2. The van der Waals surface area contributed by atoms with Gasteiger partial charge in [0.1, 0.15) is 5.82 Å². The molecule has 130 valence electrons. The zero-order valence-corrected chi connectivity index (χ0v) is 14.9. The molecule has 6 nitrogen and oxygen atoms in total. The van der Waals surface area contributed by atoms with Gasteiger partial charge in [0.15, 0.2) is 0 Å². The zero-order valence-electron chi connectivity index (χ0n) is 14.9. The molecular formula is C18H27N5O. The average Bonchev–Trinajstić information content (AvgIpc) is 2.90. The van der Waals surface area contributed by atoms with Crippen LogP contribution >= 0.6 is 0 Å². The van der Waals surface area contributed by atoms with Crippen LogP contribution in [-0.4, -0.2) is 37.3 Å². The smallest absolute Gasteiger partial charge is 0.297 e. The monoisotopic (exact) mass is 329 g/mol. The molecular weight excluding hydrogens is 302 g/mol. The lowest BCUT2D eigenvalue weighted by atomic mass is 9.97. The maximum absolute atomic E-state index is 12.1. The summed E-state index contributed by atoms with van der Waals surface area (Å²) in [6.45, 7) is 7.71. The minimum absolute atomic E-state index is 0.0126. The van der Waals surface area contributed by atoms with E-state index in [1.807, 2.05) is 17.7 Å². The van der Waals surface area contributed by atoms with Crippen molar-refractivity contribution in [3.05, 3.63) is 45.9 Å². The van der Waals surface area contributed by atoms with Gasteiger partial charge in [0, 0.05) is 38.8 Å². The summed E-state index contributed by atoms with van der Waals surface area (Å²) in [6, 6.07) is 4.29. The first-order valence-corrected chi connectivity index (χ1v) is 8.92. The van der Waals surface area contributed by atoms with Gasteiger partial charge >= 0.3 is 5.69 Å². The third-order valence-corrected chi connectivity index (χ3v) is 4.90. The van der Waals surface area contributed by atoms with E-state index in [9.17, 15) is 4.79 Å². The van der Waals surface area contributed by atoms with Crippen LogP contribution < -0.4 is 5.69 Å². The maximum Gasteiger partial charge on any atom is 0.345 e. The molecule has 1 saturated heterocycles. The number of rotatable bonds is 5. The van der Waals surface area contributed by atoms with Crippen molar-refractivity contribution < 1.29 is 0 Å². The van der Waals surface area contributed by atoms with E-state index in [-0.39, 0.29) is 5.69 Å². The molecule has 0 unspecified atom stereocenters. The average molecular weight is 329 g/mol. The molecule has 0 amide bonds. The summed E-state index contributed by atoms with van der Waals surface area (Å²) in [5, 5.41) is 4.49. The number of nitrogens with zero attached hydrogens (tertiary/aromatic N) is 5. The molecule has 1 fully saturated rings. The lowest BCUT2D eigenvalue weighted by Gasteiger charge is -2.32. The Kier molecular flexibility index (Phi) is 5.14. The Balaban J connectivity index is 1.72. The fourth-order valence-electron chi connectivity index (χ4n) is 3.52. The van der Waals surface area contributed by atoms with E-state index in [1.54, 1.807) is 7.05 Å². The predicted molar refractivity (Wildman–Crippen MR) is 94.0 cm³/mol. The van der Waals surface area contributed by atoms with Gasteiger partial charge in [0.05, 0.1) is 5.69 Å². The van der Waals surface area contributed by atoms with Crippen LogP contribution in [0.5, 0.6) is 0 Å². The third kappa shape index (κ3) is 3.43. The molecule has 2 aromatic heterocycles. The van der Waals surface area contributed by atoms with E-state index in [1.165, 1.54) is 10.2 Å². The summed E-state index contributed by atoms with van der Waals surface area (Å²) in [7, 11) is 1.73. The number of aryl methyl sites for hydroxylation is 2. The van der Waals surface area contributed by atoms with Crippen molar-refractivity contribution in [3.63, 3.8) is 0 Å². The van der Waals surface area contributed by atoms with Gasteiger partial charge in [-0.2, -0.15) is 5.10 Å². The third-order valence-electron chi connectivity index (χ3n) is 4.90. The second-order valence-electron chi connectivity index (χ2n) is 6.59. The van der Waals surface area contributed by atoms with Gasteiger partial charge < -0.3 is 0 Å². The highest BCUT2D eigenvalue weighted by Gasteiger charge is 2.26. The van der Waals surface area contributed by atoms with Crippen LogP contribution in [0, 0.1) is 0 Å². The Bertz CT molecular complexity index is 731. The van der Waals surface area contributed by atoms with E-state index >= 15 is 0 Å². The second-order valence-corrected chi connectivity index (χ2v) is 6.59. The molecule has 0 spiro atoms. The van der Waals surface area contributed by atoms with Gasteiger partial charge in [-0.25, -0.2) is 9.48 Å². The molecule has 0 bridgehead atoms. The van der Waals surface area contributed by atoms with Gasteiger partial charge in [0.25, 0.3) is 0 Å². The van der Waals surface area contributed by atoms with Crippen LogP contribution in [0.2, 0.25) is 0 Å². The van der Waals surface area contributed by atoms with Crippen molar-refractivity contribution in [2.24, 2.45) is 7.05 Å². The molecule has 0 aromatic carbocycles. The van der Waals surface area contributed by atoms with Crippen LogP contribution in [0.15, 0.2) is 23.1 Å². The Morgan fingerprint density at radius 1 is 1.29 bits per heavy atom. The summed E-state index contributed by atoms with van der Waals surface area (Å²) < 4.78 is 3.27. The largest absolute Gasteiger partial charge is 0.345 e. The molecule has 6 heteroatoms. The first-order valence-electron chi connectivity index (χ1n) is 8.92. The molecule has 0 aliphatic carbocycles. The van der Waals surface area contributed by atoms with Gasteiger partial charge in [-0.05, 0) is 44.4 Å². The fourth-order valence-corrected chi connectivity index (χ4v) is 3.52. The lowest BCUT2D eigenvalue weighted by Crippen LogP contribution is -2.35. The molecule has 24 heavy (non-hydrogen) atoms. The predicted octanol–water partition coefficient (Wildman–Crippen LogP) is 1.94. The highest BCUT2D eigenvalue weighted by molar-refractivity contribution is 5.14. The van der Waals surface area contributed by atoms with Crippen LogP contribution in [0.25, 0.3) is 0 Å². The summed E-state index contributed by atoms with van der Waals surface area (Å²) in [4.78, 5) is 19.1. The first-order chi connectivity index (χ1) is 11.6. The highest BCUT2D eigenvalue weighted by Crippen LogP contribution is 2.25. The summed E-state index contributed by atoms with van der Waals surface area (Å²) in [5.74, 6) is 1.26. The molecule has 3 rings (SSSR count). The molecule has 1 aliphatic rings. The van der Waals surface area contributed by atoms with Gasteiger partial charge in [-0.3, -0.25) is 14.5 Å². The number of piperidine rings is 1. The number of pyridine rings is 1. The molecule has 2 aromatic rings. The van der Waals surface area contributed by atoms with Gasteiger partial charge in [-0.15, -0.1) is 0 Å². The quantitative estimate of drug-likeness (QED) is 0.841. The van der Waals surface area contributed by atoms with Crippen LogP contribution in [0.1, 0.15) is 49.7 Å². The van der Waals surface area contributed by atoms with Crippen LogP contribution in [-0.2, 0) is 26.6 Å². The minimum atomic E-state index is -0.0126. The second kappa shape index (κ2) is 7.30. The van der Waals surface area contributed by atoms with E-state index in [0.717, 1.165) is 50.4 Å². The number of aromatic nitrogens is 4. The standard InChI is InChI=1S/C18H27N5O/c1-4-14-8-9-16(19-11-14)13-22-10-6-7-15(12-22)17-20-21(3)18(24)23(17)5-2/h8-9,11,15H,4-7,10,12-13H2,1-3H3/t15-/m0/s1. The topological polar surface area (TPSA) is 56.0 Å². The van der Waals surface area contributed by atoms with E-state index in [0.29, 0.717) is 12.5 Å². The molecule has 3 heterocycles. The summed E-state index contributed by atoms with van der Waals surface area (Å²) in [5.41, 5.74) is 2.37. The van der Waals surface area contributed by atoms with Gasteiger partial charge in [-0.1, -0.05) is 13.0 Å². The molecule has 0 radical (unpaired) electrons. The molecule has 0 N–H and O–H groups in total. The number of hydrogen-bond donors (Lipinski definition) is 0. The zero-order chi connectivity index (χ0) is 17.1. The fraction of sp³-hybridized carbons (Fsp3) is 0.611. The number of hydrogen-bond acceptors (Lipinski definition) is 4. The maximum atomic E-state index is 12.1. The van der Waals surface area contributed by atoms with Crippen molar-refractivity contribution >= 4 is 0 Å². The summed E-state index contributed by atoms with van der Waals surface area (Å²) in [6.07, 6.45) is 5.22. The van der Waals surface area contributed by atoms with Crippen molar-refractivity contribution in [2.75, 3.05) is 13.1 Å². The van der Waals surface area contributed by atoms with Crippen molar-refractivity contribution in [3.8, 4) is 0 Å². The van der Waals surface area contributed by atoms with Crippen molar-refractivity contribution in [1.82, 2.24) is 24.2 Å². The molecule has 1 aliphatic heterocycles. The first kappa shape index (κ1) is 16.9. The Morgan fingerprint density at radius 3 is 2.79 bits per heavy atom.